The Hall–Kier alpha value is -0.500. The Morgan fingerprint density at radius 2 is 2.45 bits per heavy atom. The first-order chi connectivity index (χ1) is 5.38. The molecule has 1 aliphatic rings. The van der Waals surface area contributed by atoms with E-state index in [1.807, 2.05) is 12.5 Å². The first-order valence-corrected chi connectivity index (χ1v) is 4.48. The van der Waals surface area contributed by atoms with Crippen LogP contribution in [0, 0.1) is 5.92 Å². The van der Waals surface area contributed by atoms with Crippen LogP contribution in [0.1, 0.15) is 18.5 Å². The summed E-state index contributed by atoms with van der Waals surface area (Å²) in [7, 11) is 0. The molecule has 2 nitrogen and oxygen atoms in total. The summed E-state index contributed by atoms with van der Waals surface area (Å²) in [6, 6.07) is 0. The lowest BCUT2D eigenvalue weighted by Gasteiger charge is -1.96. The molecular weight excluding hydrogens is 160 g/mol. The number of alkyl halides is 1. The molecule has 0 N–H and O–H groups in total. The molecule has 1 aromatic heterocycles. The third-order valence-electron chi connectivity index (χ3n) is 1.99. The average Bonchev–Trinajstić information content (AvgIpc) is 2.68. The molecule has 0 aliphatic heterocycles. The van der Waals surface area contributed by atoms with Crippen molar-refractivity contribution >= 4 is 11.6 Å². The second kappa shape index (κ2) is 2.86. The van der Waals surface area contributed by atoms with Gasteiger partial charge in [0, 0.05) is 12.7 Å². The van der Waals surface area contributed by atoms with Crippen LogP contribution in [0.2, 0.25) is 0 Å². The van der Waals surface area contributed by atoms with E-state index >= 15 is 0 Å². The normalized spacial score (nSPS) is 17.2. The summed E-state index contributed by atoms with van der Waals surface area (Å²) in [5, 5.41) is 0. The van der Waals surface area contributed by atoms with Gasteiger partial charge in [0.25, 0.3) is 0 Å². The Bertz CT molecular complexity index is 240. The molecule has 0 amide bonds. The van der Waals surface area contributed by atoms with Gasteiger partial charge in [-0.25, -0.2) is 4.98 Å². The highest BCUT2D eigenvalue weighted by atomic mass is 35.5. The van der Waals surface area contributed by atoms with Crippen LogP contribution in [0.25, 0.3) is 0 Å². The van der Waals surface area contributed by atoms with Gasteiger partial charge in [0.1, 0.15) is 0 Å². The van der Waals surface area contributed by atoms with Gasteiger partial charge in [0.05, 0.1) is 17.9 Å². The first-order valence-electron chi connectivity index (χ1n) is 3.95. The van der Waals surface area contributed by atoms with Crippen LogP contribution >= 0.6 is 11.6 Å². The van der Waals surface area contributed by atoms with Gasteiger partial charge >= 0.3 is 0 Å². The average molecular weight is 171 g/mol. The molecule has 0 bridgehead atoms. The Morgan fingerprint density at radius 3 is 3.00 bits per heavy atom. The molecule has 0 atom stereocenters. The maximum absolute atomic E-state index is 5.62. The molecule has 2 rings (SSSR count). The molecule has 0 aromatic carbocycles. The minimum absolute atomic E-state index is 0.525. The lowest BCUT2D eigenvalue weighted by molar-refractivity contribution is 0.626. The fourth-order valence-corrected chi connectivity index (χ4v) is 1.31. The fourth-order valence-electron chi connectivity index (χ4n) is 1.17. The largest absolute Gasteiger partial charge is 0.337 e. The van der Waals surface area contributed by atoms with E-state index in [2.05, 4.69) is 9.55 Å². The van der Waals surface area contributed by atoms with E-state index in [4.69, 9.17) is 11.6 Å². The summed E-state index contributed by atoms with van der Waals surface area (Å²) in [5.74, 6) is 1.44. The molecule has 3 heteroatoms. The smallest absolute Gasteiger partial charge is 0.0950 e. The van der Waals surface area contributed by atoms with Gasteiger partial charge in [-0.3, -0.25) is 0 Å². The summed E-state index contributed by atoms with van der Waals surface area (Å²) in [6.07, 6.45) is 6.67. The fraction of sp³-hybridized carbons (Fsp3) is 0.625. The van der Waals surface area contributed by atoms with Crippen molar-refractivity contribution in [1.29, 1.82) is 0 Å². The number of hydrogen-bond acceptors (Lipinski definition) is 1. The second-order valence-corrected chi connectivity index (χ2v) is 3.41. The highest BCUT2D eigenvalue weighted by molar-refractivity contribution is 6.16. The molecule has 1 aromatic rings. The van der Waals surface area contributed by atoms with Crippen LogP contribution in [0.15, 0.2) is 12.5 Å². The van der Waals surface area contributed by atoms with E-state index in [0.29, 0.717) is 5.88 Å². The number of hydrogen-bond donors (Lipinski definition) is 0. The number of rotatable bonds is 3. The number of imidazole rings is 1. The number of nitrogens with zero attached hydrogens (tertiary/aromatic N) is 2. The molecule has 11 heavy (non-hydrogen) atoms. The molecule has 1 heterocycles. The van der Waals surface area contributed by atoms with Crippen LogP contribution in [0.3, 0.4) is 0 Å². The van der Waals surface area contributed by atoms with Crippen LogP contribution in [0.5, 0.6) is 0 Å². The maximum atomic E-state index is 5.62. The van der Waals surface area contributed by atoms with E-state index in [9.17, 15) is 0 Å². The highest BCUT2D eigenvalue weighted by Crippen LogP contribution is 2.30. The topological polar surface area (TPSA) is 17.8 Å². The van der Waals surface area contributed by atoms with Gasteiger partial charge in [0.2, 0.25) is 0 Å². The van der Waals surface area contributed by atoms with E-state index in [1.54, 1.807) is 0 Å². The van der Waals surface area contributed by atoms with Crippen molar-refractivity contribution in [3.8, 4) is 0 Å². The van der Waals surface area contributed by atoms with Gasteiger partial charge in [-0.15, -0.1) is 11.6 Å². The predicted molar refractivity (Wildman–Crippen MR) is 44.5 cm³/mol. The summed E-state index contributed by atoms with van der Waals surface area (Å²) in [6.45, 7) is 1.13. The molecule has 1 fully saturated rings. The molecule has 0 spiro atoms. The SMILES string of the molecule is ClCc1cn(CC2CC2)cn1. The monoisotopic (exact) mass is 170 g/mol. The molecular formula is C8H11ClN2. The van der Waals surface area contributed by atoms with Crippen molar-refractivity contribution < 1.29 is 0 Å². The summed E-state index contributed by atoms with van der Waals surface area (Å²) in [4.78, 5) is 4.15. The van der Waals surface area contributed by atoms with Crippen molar-refractivity contribution in [2.24, 2.45) is 5.92 Å². The van der Waals surface area contributed by atoms with Gasteiger partial charge in [0.15, 0.2) is 0 Å². The minimum Gasteiger partial charge on any atom is -0.337 e. The van der Waals surface area contributed by atoms with E-state index < -0.39 is 0 Å². The summed E-state index contributed by atoms with van der Waals surface area (Å²) in [5.41, 5.74) is 0.979. The molecule has 0 unspecified atom stereocenters. The van der Waals surface area contributed by atoms with Gasteiger partial charge < -0.3 is 4.57 Å². The molecule has 60 valence electrons. The third-order valence-corrected chi connectivity index (χ3v) is 2.26. The third kappa shape index (κ3) is 1.74. The quantitative estimate of drug-likeness (QED) is 0.635. The maximum Gasteiger partial charge on any atom is 0.0950 e. The lowest BCUT2D eigenvalue weighted by atomic mass is 10.4. The zero-order valence-corrected chi connectivity index (χ0v) is 7.09. The minimum atomic E-state index is 0.525. The zero-order chi connectivity index (χ0) is 7.68. The molecule has 0 radical (unpaired) electrons. The predicted octanol–water partition coefficient (Wildman–Crippen LogP) is 2.03. The highest BCUT2D eigenvalue weighted by Gasteiger charge is 2.21. The van der Waals surface area contributed by atoms with Crippen molar-refractivity contribution in [3.63, 3.8) is 0 Å². The Balaban J connectivity index is 1.99. The lowest BCUT2D eigenvalue weighted by Crippen LogP contribution is -1.95. The van der Waals surface area contributed by atoms with Crippen LogP contribution in [0.4, 0.5) is 0 Å². The van der Waals surface area contributed by atoms with E-state index in [-0.39, 0.29) is 0 Å². The summed E-state index contributed by atoms with van der Waals surface area (Å²) < 4.78 is 2.13. The Morgan fingerprint density at radius 1 is 1.64 bits per heavy atom. The van der Waals surface area contributed by atoms with Crippen molar-refractivity contribution in [1.82, 2.24) is 9.55 Å². The zero-order valence-electron chi connectivity index (χ0n) is 6.33. The molecule has 1 aliphatic carbocycles. The van der Waals surface area contributed by atoms with Gasteiger partial charge in [-0.05, 0) is 18.8 Å². The van der Waals surface area contributed by atoms with Crippen molar-refractivity contribution in [2.75, 3.05) is 0 Å². The number of aromatic nitrogens is 2. The van der Waals surface area contributed by atoms with E-state index in [0.717, 1.165) is 18.2 Å². The Kier molecular flexibility index (Phi) is 1.86. The summed E-state index contributed by atoms with van der Waals surface area (Å²) >= 11 is 5.62. The molecule has 1 saturated carbocycles. The van der Waals surface area contributed by atoms with Crippen molar-refractivity contribution in [2.45, 2.75) is 25.3 Å². The molecule has 0 saturated heterocycles. The van der Waals surface area contributed by atoms with Crippen LogP contribution in [-0.2, 0) is 12.4 Å². The second-order valence-electron chi connectivity index (χ2n) is 3.14. The van der Waals surface area contributed by atoms with Gasteiger partial charge in [-0.1, -0.05) is 0 Å². The Labute approximate surface area is 71.2 Å². The first kappa shape index (κ1) is 7.17. The van der Waals surface area contributed by atoms with Crippen LogP contribution in [-0.4, -0.2) is 9.55 Å². The number of halogens is 1. The van der Waals surface area contributed by atoms with Gasteiger partial charge in [-0.2, -0.15) is 0 Å². The van der Waals surface area contributed by atoms with E-state index in [1.165, 1.54) is 12.8 Å². The van der Waals surface area contributed by atoms with Crippen molar-refractivity contribution in [3.05, 3.63) is 18.2 Å². The standard InChI is InChI=1S/C8H11ClN2/c9-3-8-5-11(6-10-8)4-7-1-2-7/h5-7H,1-4H2. The van der Waals surface area contributed by atoms with Crippen LogP contribution < -0.4 is 0 Å².